The number of hydrogen-bond donors (Lipinski definition) is 1. The molecule has 2 aromatic carbocycles. The van der Waals surface area contributed by atoms with Crippen LogP contribution in [0.15, 0.2) is 48.5 Å². The molecule has 25 heavy (non-hydrogen) atoms. The van der Waals surface area contributed by atoms with Gasteiger partial charge in [0.15, 0.2) is 5.82 Å². The quantitative estimate of drug-likeness (QED) is 0.570. The molecule has 0 saturated heterocycles. The monoisotopic (exact) mass is 333 g/mol. The highest BCUT2D eigenvalue weighted by Crippen LogP contribution is 2.27. The van der Waals surface area contributed by atoms with Crippen LogP contribution in [0.3, 0.4) is 0 Å². The van der Waals surface area contributed by atoms with Crippen molar-refractivity contribution in [2.75, 3.05) is 0 Å². The molecule has 126 valence electrons. The minimum absolute atomic E-state index is 0.0738. The fraction of sp³-hybridized carbons (Fsp3) is 0.200. The number of aromatic nitrogens is 2. The van der Waals surface area contributed by atoms with Crippen molar-refractivity contribution in [3.8, 4) is 11.8 Å². The Hall–Kier alpha value is -3.26. The maximum absolute atomic E-state index is 10.6. The van der Waals surface area contributed by atoms with Crippen LogP contribution in [0.2, 0.25) is 0 Å². The van der Waals surface area contributed by atoms with Gasteiger partial charge in [0.2, 0.25) is 0 Å². The van der Waals surface area contributed by atoms with Gasteiger partial charge in [-0.05, 0) is 50.2 Å². The van der Waals surface area contributed by atoms with Crippen LogP contribution < -0.4 is 4.74 Å². The molecular formula is C20H19N3O2. The second kappa shape index (κ2) is 6.70. The Bertz CT molecular complexity index is 976. The highest BCUT2D eigenvalue weighted by Gasteiger charge is 2.17. The summed E-state index contributed by atoms with van der Waals surface area (Å²) in [5.41, 5.74) is 2.36. The highest BCUT2D eigenvalue weighted by atomic mass is 16.5. The third kappa shape index (κ3) is 3.20. The van der Waals surface area contributed by atoms with Crippen LogP contribution in [-0.2, 0) is 7.05 Å². The SMILES string of the molecule is CC(C)Oc1ccc(/C(O)=C(/C#N)c2nc3ccccc3n2C)cc1. The van der Waals surface area contributed by atoms with E-state index >= 15 is 0 Å². The van der Waals surface area contributed by atoms with E-state index in [4.69, 9.17) is 4.74 Å². The first-order chi connectivity index (χ1) is 12.0. The number of imidazole rings is 1. The van der Waals surface area contributed by atoms with Crippen LogP contribution in [0.4, 0.5) is 0 Å². The summed E-state index contributed by atoms with van der Waals surface area (Å²) < 4.78 is 7.41. The highest BCUT2D eigenvalue weighted by molar-refractivity contribution is 5.94. The number of nitriles is 1. The number of benzene rings is 2. The average Bonchev–Trinajstić information content (AvgIpc) is 2.93. The Morgan fingerprint density at radius 1 is 1.16 bits per heavy atom. The van der Waals surface area contributed by atoms with Crippen molar-refractivity contribution in [1.29, 1.82) is 5.26 Å². The van der Waals surface area contributed by atoms with Crippen LogP contribution >= 0.6 is 0 Å². The molecule has 0 saturated carbocycles. The molecular weight excluding hydrogens is 314 g/mol. The summed E-state index contributed by atoms with van der Waals surface area (Å²) in [6.07, 6.45) is 0.0738. The summed E-state index contributed by atoms with van der Waals surface area (Å²) in [5, 5.41) is 20.2. The minimum Gasteiger partial charge on any atom is -0.506 e. The second-order valence-corrected chi connectivity index (χ2v) is 6.01. The summed E-state index contributed by atoms with van der Waals surface area (Å²) in [6.45, 7) is 3.90. The van der Waals surface area contributed by atoms with Gasteiger partial charge in [0.05, 0.1) is 17.1 Å². The number of aliphatic hydroxyl groups excluding tert-OH is 1. The smallest absolute Gasteiger partial charge is 0.155 e. The molecule has 1 heterocycles. The number of aliphatic hydroxyl groups is 1. The molecule has 0 radical (unpaired) electrons. The Morgan fingerprint density at radius 3 is 2.44 bits per heavy atom. The third-order valence-corrected chi connectivity index (χ3v) is 3.86. The van der Waals surface area contributed by atoms with E-state index in [0.717, 1.165) is 11.0 Å². The number of allylic oxidation sites excluding steroid dienone is 1. The van der Waals surface area contributed by atoms with Gasteiger partial charge in [-0.3, -0.25) is 0 Å². The lowest BCUT2D eigenvalue weighted by molar-refractivity contribution is 0.242. The Kier molecular flexibility index (Phi) is 4.44. The Labute approximate surface area is 146 Å². The van der Waals surface area contributed by atoms with Gasteiger partial charge < -0.3 is 14.4 Å². The first kappa shape index (κ1) is 16.6. The largest absolute Gasteiger partial charge is 0.506 e. The normalized spacial score (nSPS) is 12.1. The zero-order valence-corrected chi connectivity index (χ0v) is 14.4. The van der Waals surface area contributed by atoms with Crippen LogP contribution in [0.1, 0.15) is 25.2 Å². The minimum atomic E-state index is -0.1000. The Morgan fingerprint density at radius 2 is 1.84 bits per heavy atom. The molecule has 0 aliphatic heterocycles. The third-order valence-electron chi connectivity index (χ3n) is 3.86. The summed E-state index contributed by atoms with van der Waals surface area (Å²) in [5.74, 6) is 1.05. The number of aryl methyl sites for hydroxylation is 1. The van der Waals surface area contributed by atoms with E-state index in [1.165, 1.54) is 0 Å². The number of fused-ring (bicyclic) bond motifs is 1. The fourth-order valence-electron chi connectivity index (χ4n) is 2.69. The van der Waals surface area contributed by atoms with Gasteiger partial charge >= 0.3 is 0 Å². The van der Waals surface area contributed by atoms with Gasteiger partial charge in [-0.15, -0.1) is 0 Å². The fourth-order valence-corrected chi connectivity index (χ4v) is 2.69. The lowest BCUT2D eigenvalue weighted by atomic mass is 10.1. The molecule has 0 spiro atoms. The van der Waals surface area contributed by atoms with E-state index in [1.54, 1.807) is 28.8 Å². The Balaban J connectivity index is 2.06. The summed E-state index contributed by atoms with van der Waals surface area (Å²) in [7, 11) is 1.83. The summed E-state index contributed by atoms with van der Waals surface area (Å²) in [4.78, 5) is 4.48. The molecule has 0 atom stereocenters. The van der Waals surface area contributed by atoms with Crippen LogP contribution in [0.25, 0.3) is 22.4 Å². The molecule has 0 bridgehead atoms. The van der Waals surface area contributed by atoms with E-state index in [0.29, 0.717) is 17.1 Å². The molecule has 3 rings (SSSR count). The van der Waals surface area contributed by atoms with Gasteiger partial charge in [0.25, 0.3) is 0 Å². The van der Waals surface area contributed by atoms with Crippen molar-refractivity contribution in [3.05, 3.63) is 59.9 Å². The predicted octanol–water partition coefficient (Wildman–Crippen LogP) is 4.31. The van der Waals surface area contributed by atoms with E-state index < -0.39 is 0 Å². The topological polar surface area (TPSA) is 71.1 Å². The number of para-hydroxylation sites is 2. The van der Waals surface area contributed by atoms with Crippen molar-refractivity contribution < 1.29 is 9.84 Å². The molecule has 3 aromatic rings. The molecule has 0 aliphatic rings. The van der Waals surface area contributed by atoms with Gasteiger partial charge in [-0.25, -0.2) is 4.98 Å². The van der Waals surface area contributed by atoms with Crippen LogP contribution in [0, 0.1) is 11.3 Å². The first-order valence-corrected chi connectivity index (χ1v) is 8.03. The average molecular weight is 333 g/mol. The molecule has 0 aliphatic carbocycles. The molecule has 0 fully saturated rings. The number of nitrogens with zero attached hydrogens (tertiary/aromatic N) is 3. The standard InChI is InChI=1S/C20H19N3O2/c1-13(2)25-15-10-8-14(9-11-15)19(24)16(12-21)20-22-17-6-4-5-7-18(17)23(20)3/h4-11,13,24H,1-3H3/b19-16+. The lowest BCUT2D eigenvalue weighted by Gasteiger charge is -2.10. The molecule has 1 N–H and O–H groups in total. The summed E-state index contributed by atoms with van der Waals surface area (Å²) >= 11 is 0. The van der Waals surface area contributed by atoms with Crippen molar-refractivity contribution in [1.82, 2.24) is 9.55 Å². The lowest BCUT2D eigenvalue weighted by Crippen LogP contribution is -2.05. The van der Waals surface area contributed by atoms with Crippen molar-refractivity contribution in [2.24, 2.45) is 7.05 Å². The molecule has 5 nitrogen and oxygen atoms in total. The zero-order valence-electron chi connectivity index (χ0n) is 14.4. The van der Waals surface area contributed by atoms with Crippen LogP contribution in [-0.4, -0.2) is 20.8 Å². The van der Waals surface area contributed by atoms with Crippen molar-refractivity contribution in [2.45, 2.75) is 20.0 Å². The number of rotatable bonds is 4. The van der Waals surface area contributed by atoms with Crippen molar-refractivity contribution in [3.63, 3.8) is 0 Å². The molecule has 5 heteroatoms. The molecule has 0 amide bonds. The van der Waals surface area contributed by atoms with Crippen molar-refractivity contribution >= 4 is 22.4 Å². The number of ether oxygens (including phenoxy) is 1. The first-order valence-electron chi connectivity index (χ1n) is 8.03. The predicted molar refractivity (Wildman–Crippen MR) is 98.0 cm³/mol. The van der Waals surface area contributed by atoms with E-state index in [1.807, 2.05) is 45.2 Å². The zero-order chi connectivity index (χ0) is 18.0. The second-order valence-electron chi connectivity index (χ2n) is 6.01. The van der Waals surface area contributed by atoms with Gasteiger partial charge in [0, 0.05) is 12.6 Å². The maximum Gasteiger partial charge on any atom is 0.155 e. The van der Waals surface area contributed by atoms with Crippen LogP contribution in [0.5, 0.6) is 5.75 Å². The molecule has 1 aromatic heterocycles. The maximum atomic E-state index is 10.6. The van der Waals surface area contributed by atoms with Gasteiger partial charge in [0.1, 0.15) is 23.2 Å². The molecule has 0 unspecified atom stereocenters. The van der Waals surface area contributed by atoms with E-state index in [9.17, 15) is 10.4 Å². The number of hydrogen-bond acceptors (Lipinski definition) is 4. The summed E-state index contributed by atoms with van der Waals surface area (Å²) in [6, 6.07) is 16.7. The van der Waals surface area contributed by atoms with Gasteiger partial charge in [-0.2, -0.15) is 5.26 Å². The van der Waals surface area contributed by atoms with Gasteiger partial charge in [-0.1, -0.05) is 12.1 Å². The van der Waals surface area contributed by atoms with E-state index in [2.05, 4.69) is 11.1 Å². The van der Waals surface area contributed by atoms with E-state index in [-0.39, 0.29) is 17.4 Å².